The van der Waals surface area contributed by atoms with Gasteiger partial charge in [-0.15, -0.1) is 0 Å². The molecule has 146 valence electrons. The quantitative estimate of drug-likeness (QED) is 0.799. The van der Waals surface area contributed by atoms with Crippen molar-refractivity contribution in [3.63, 3.8) is 0 Å². The molecule has 3 rings (SSSR count). The number of nitrogens with one attached hydrogen (secondary N) is 2. The highest BCUT2D eigenvalue weighted by Crippen LogP contribution is 2.35. The molecule has 1 heterocycles. The maximum absolute atomic E-state index is 13.1. The molecule has 0 bridgehead atoms. The van der Waals surface area contributed by atoms with Gasteiger partial charge in [0.2, 0.25) is 11.8 Å². The molecule has 5 nitrogen and oxygen atoms in total. The van der Waals surface area contributed by atoms with Crippen molar-refractivity contribution in [1.29, 1.82) is 0 Å². The normalized spacial score (nSPS) is 18.6. The molecule has 1 aliphatic rings. The summed E-state index contributed by atoms with van der Waals surface area (Å²) >= 11 is 1.000. The van der Waals surface area contributed by atoms with Crippen molar-refractivity contribution in [2.24, 2.45) is 4.99 Å². The molecular formula is C19H16F3N3O2S. The van der Waals surface area contributed by atoms with Gasteiger partial charge in [0.1, 0.15) is 5.25 Å². The maximum Gasteiger partial charge on any atom is 0.418 e. The number of anilines is 1. The molecule has 1 aliphatic heterocycles. The highest BCUT2D eigenvalue weighted by molar-refractivity contribution is 8.15. The Balaban J connectivity index is 1.77. The molecule has 2 amide bonds. The van der Waals surface area contributed by atoms with Gasteiger partial charge in [-0.3, -0.25) is 9.59 Å². The lowest BCUT2D eigenvalue weighted by atomic mass is 10.1. The zero-order valence-corrected chi connectivity index (χ0v) is 15.5. The smallest absolute Gasteiger partial charge is 0.325 e. The van der Waals surface area contributed by atoms with E-state index in [1.807, 2.05) is 19.1 Å². The van der Waals surface area contributed by atoms with E-state index in [2.05, 4.69) is 15.6 Å². The lowest BCUT2D eigenvalue weighted by Crippen LogP contribution is -2.42. The topological polar surface area (TPSA) is 70.6 Å². The molecule has 0 radical (unpaired) electrons. The Kier molecular flexibility index (Phi) is 5.73. The van der Waals surface area contributed by atoms with E-state index in [0.29, 0.717) is 5.69 Å². The summed E-state index contributed by atoms with van der Waals surface area (Å²) in [5, 5.41) is 4.20. The van der Waals surface area contributed by atoms with Crippen LogP contribution in [0.5, 0.6) is 0 Å². The van der Waals surface area contributed by atoms with Crippen molar-refractivity contribution in [3.8, 4) is 0 Å². The van der Waals surface area contributed by atoms with Gasteiger partial charge in [-0.1, -0.05) is 41.6 Å². The Morgan fingerprint density at radius 2 is 1.86 bits per heavy atom. The zero-order valence-electron chi connectivity index (χ0n) is 14.7. The van der Waals surface area contributed by atoms with Gasteiger partial charge in [-0.25, -0.2) is 4.99 Å². The number of aryl methyl sites for hydroxylation is 1. The van der Waals surface area contributed by atoms with Crippen molar-refractivity contribution in [3.05, 3.63) is 59.7 Å². The summed E-state index contributed by atoms with van der Waals surface area (Å²) in [4.78, 5) is 28.7. The second kappa shape index (κ2) is 8.05. The number of carbonyl (C=O) groups is 2. The van der Waals surface area contributed by atoms with E-state index in [9.17, 15) is 22.8 Å². The molecule has 0 spiro atoms. The molecule has 9 heteroatoms. The standard InChI is InChI=1S/C19H16F3N3O2S/c1-11-6-8-12(9-7-11)23-18-25-16(26)10-15(28-18)17(27)24-14-5-3-2-4-13(14)19(20,21)22/h2-9,15H,10H2,1H3,(H,24,27)(H,23,25,26). The average molecular weight is 407 g/mol. The van der Waals surface area contributed by atoms with Gasteiger partial charge >= 0.3 is 6.18 Å². The Morgan fingerprint density at radius 1 is 1.18 bits per heavy atom. The Labute approximate surface area is 163 Å². The highest BCUT2D eigenvalue weighted by atomic mass is 32.2. The summed E-state index contributed by atoms with van der Waals surface area (Å²) in [6, 6.07) is 11.9. The van der Waals surface area contributed by atoms with E-state index < -0.39 is 28.8 Å². The molecule has 28 heavy (non-hydrogen) atoms. The largest absolute Gasteiger partial charge is 0.418 e. The third-order valence-electron chi connectivity index (χ3n) is 3.92. The first-order valence-corrected chi connectivity index (χ1v) is 9.19. The molecular weight excluding hydrogens is 391 g/mol. The van der Waals surface area contributed by atoms with Crippen LogP contribution in [0.1, 0.15) is 17.5 Å². The molecule has 1 saturated heterocycles. The van der Waals surface area contributed by atoms with Crippen LogP contribution in [0, 0.1) is 6.92 Å². The van der Waals surface area contributed by atoms with Crippen LogP contribution >= 0.6 is 11.8 Å². The van der Waals surface area contributed by atoms with Crippen molar-refractivity contribution >= 4 is 40.1 Å². The number of carbonyl (C=O) groups excluding carboxylic acids is 2. The zero-order chi connectivity index (χ0) is 20.3. The first kappa shape index (κ1) is 19.9. The van der Waals surface area contributed by atoms with Gasteiger partial charge in [0.15, 0.2) is 5.17 Å². The van der Waals surface area contributed by atoms with Crippen molar-refractivity contribution in [2.45, 2.75) is 24.8 Å². The number of nitrogens with zero attached hydrogens (tertiary/aromatic N) is 1. The number of amidine groups is 1. The van der Waals surface area contributed by atoms with Crippen LogP contribution in [-0.2, 0) is 15.8 Å². The van der Waals surface area contributed by atoms with E-state index in [4.69, 9.17) is 0 Å². The number of hydrogen-bond acceptors (Lipinski definition) is 4. The minimum Gasteiger partial charge on any atom is -0.325 e. The van der Waals surface area contributed by atoms with Crippen LogP contribution in [0.25, 0.3) is 0 Å². The van der Waals surface area contributed by atoms with E-state index in [0.717, 1.165) is 23.4 Å². The number of thioether (sulfide) groups is 1. The number of benzene rings is 2. The molecule has 2 aromatic rings. The summed E-state index contributed by atoms with van der Waals surface area (Å²) in [7, 11) is 0. The Morgan fingerprint density at radius 3 is 2.54 bits per heavy atom. The predicted molar refractivity (Wildman–Crippen MR) is 102 cm³/mol. The maximum atomic E-state index is 13.1. The fourth-order valence-corrected chi connectivity index (χ4v) is 3.54. The van der Waals surface area contributed by atoms with Gasteiger partial charge in [-0.05, 0) is 31.2 Å². The van der Waals surface area contributed by atoms with Gasteiger partial charge in [-0.2, -0.15) is 13.2 Å². The van der Waals surface area contributed by atoms with E-state index >= 15 is 0 Å². The fourth-order valence-electron chi connectivity index (χ4n) is 2.53. The minimum atomic E-state index is -4.60. The number of aliphatic imine (C=N–C) groups is 1. The summed E-state index contributed by atoms with van der Waals surface area (Å²) in [5.74, 6) is -1.11. The second-order valence-electron chi connectivity index (χ2n) is 6.14. The first-order valence-electron chi connectivity index (χ1n) is 8.31. The van der Waals surface area contributed by atoms with Gasteiger partial charge in [0, 0.05) is 6.42 Å². The number of alkyl halides is 3. The molecule has 2 aromatic carbocycles. The number of halogens is 3. The first-order chi connectivity index (χ1) is 13.2. The Hall–Kier alpha value is -2.81. The fraction of sp³-hybridized carbons (Fsp3) is 0.211. The molecule has 2 N–H and O–H groups in total. The van der Waals surface area contributed by atoms with Crippen molar-refractivity contribution < 1.29 is 22.8 Å². The molecule has 0 aromatic heterocycles. The van der Waals surface area contributed by atoms with E-state index in [1.54, 1.807) is 12.1 Å². The number of hydrogen-bond donors (Lipinski definition) is 2. The van der Waals surface area contributed by atoms with Crippen LogP contribution in [0.15, 0.2) is 53.5 Å². The number of rotatable bonds is 3. The Bertz CT molecular complexity index is 927. The van der Waals surface area contributed by atoms with Gasteiger partial charge in [0.25, 0.3) is 0 Å². The van der Waals surface area contributed by atoms with Gasteiger partial charge < -0.3 is 10.6 Å². The van der Waals surface area contributed by atoms with Crippen LogP contribution in [0.2, 0.25) is 0 Å². The lowest BCUT2D eigenvalue weighted by Gasteiger charge is -2.23. The average Bonchev–Trinajstić information content (AvgIpc) is 2.63. The third-order valence-corrected chi connectivity index (χ3v) is 5.00. The van der Waals surface area contributed by atoms with Gasteiger partial charge in [0.05, 0.1) is 16.9 Å². The van der Waals surface area contributed by atoms with E-state index in [1.165, 1.54) is 18.2 Å². The second-order valence-corrected chi connectivity index (χ2v) is 7.34. The van der Waals surface area contributed by atoms with E-state index in [-0.39, 0.29) is 17.3 Å². The monoisotopic (exact) mass is 407 g/mol. The number of para-hydroxylation sites is 1. The minimum absolute atomic E-state index is 0.155. The summed E-state index contributed by atoms with van der Waals surface area (Å²) in [6.07, 6.45) is -4.75. The van der Waals surface area contributed by atoms with Crippen molar-refractivity contribution in [1.82, 2.24) is 5.32 Å². The van der Waals surface area contributed by atoms with Crippen LogP contribution in [0.3, 0.4) is 0 Å². The van der Waals surface area contributed by atoms with Crippen LogP contribution in [-0.4, -0.2) is 22.2 Å². The molecule has 0 saturated carbocycles. The third kappa shape index (κ3) is 4.92. The van der Waals surface area contributed by atoms with Crippen molar-refractivity contribution in [2.75, 3.05) is 5.32 Å². The molecule has 1 atom stereocenters. The van der Waals surface area contributed by atoms with Crippen LogP contribution < -0.4 is 10.6 Å². The molecule has 1 unspecified atom stereocenters. The summed E-state index contributed by atoms with van der Waals surface area (Å²) in [6.45, 7) is 1.92. The summed E-state index contributed by atoms with van der Waals surface area (Å²) < 4.78 is 39.3. The van der Waals surface area contributed by atoms with Crippen LogP contribution in [0.4, 0.5) is 24.5 Å². The summed E-state index contributed by atoms with van der Waals surface area (Å²) in [5.41, 5.74) is 0.354. The molecule has 0 aliphatic carbocycles. The number of amides is 2. The SMILES string of the molecule is Cc1ccc(N=C2NC(=O)CC(C(=O)Nc3ccccc3C(F)(F)F)S2)cc1. The highest BCUT2D eigenvalue weighted by Gasteiger charge is 2.35. The molecule has 1 fully saturated rings. The lowest BCUT2D eigenvalue weighted by molar-refractivity contribution is -0.137. The predicted octanol–water partition coefficient (Wildman–Crippen LogP) is 4.26.